The third-order valence-electron chi connectivity index (χ3n) is 2.76. The summed E-state index contributed by atoms with van der Waals surface area (Å²) in [4.78, 5) is 16.5. The van der Waals surface area contributed by atoms with E-state index in [2.05, 4.69) is 11.9 Å². The smallest absolute Gasteiger partial charge is 0.270 e. The van der Waals surface area contributed by atoms with Crippen LogP contribution in [0.4, 0.5) is 5.69 Å². The van der Waals surface area contributed by atoms with Crippen LogP contribution in [0, 0.1) is 5.92 Å². The first kappa shape index (κ1) is 9.12. The molecule has 76 valence electrons. The number of likely N-dealkylation sites (tertiary alicyclic amines) is 1. The minimum absolute atomic E-state index is 0.0615. The summed E-state index contributed by atoms with van der Waals surface area (Å²) in [6, 6.07) is 1.68. The minimum Gasteiger partial charge on any atom is -0.397 e. The third kappa shape index (κ3) is 1.47. The second kappa shape index (κ2) is 3.36. The zero-order chi connectivity index (χ0) is 10.1. The molecule has 1 aromatic rings. The van der Waals surface area contributed by atoms with E-state index in [9.17, 15) is 4.79 Å². The normalized spacial score (nSPS) is 16.8. The van der Waals surface area contributed by atoms with Crippen molar-refractivity contribution in [3.8, 4) is 0 Å². The number of H-pyrrole nitrogens is 1. The van der Waals surface area contributed by atoms with Crippen molar-refractivity contribution >= 4 is 11.6 Å². The summed E-state index contributed by atoms with van der Waals surface area (Å²) in [5.74, 6) is 0.748. The van der Waals surface area contributed by atoms with Crippen LogP contribution in [0.25, 0.3) is 0 Å². The predicted octanol–water partition coefficient (Wildman–Crippen LogP) is 1.08. The van der Waals surface area contributed by atoms with Gasteiger partial charge in [0.2, 0.25) is 0 Å². The molecular formula is C10H15N3O. The number of carbonyl (C=O) groups excluding carboxylic acids is 1. The molecule has 1 aromatic heterocycles. The Hall–Kier alpha value is -1.45. The Kier molecular flexibility index (Phi) is 2.19. The zero-order valence-electron chi connectivity index (χ0n) is 8.29. The zero-order valence-corrected chi connectivity index (χ0v) is 8.29. The van der Waals surface area contributed by atoms with Gasteiger partial charge in [-0.05, 0) is 18.4 Å². The van der Waals surface area contributed by atoms with Gasteiger partial charge in [0, 0.05) is 25.0 Å². The average molecular weight is 193 g/mol. The van der Waals surface area contributed by atoms with E-state index in [1.54, 1.807) is 12.3 Å². The molecule has 0 spiro atoms. The number of amides is 1. The summed E-state index contributed by atoms with van der Waals surface area (Å²) >= 11 is 0. The standard InChI is InChI=1S/C10H15N3O/c1-2-7-5-13(6-7)10(14)9-3-8(11)4-12-9/h3-4,7,12H,2,5-6,11H2,1H3. The number of aromatic nitrogens is 1. The summed E-state index contributed by atoms with van der Waals surface area (Å²) in [5, 5.41) is 0. The predicted molar refractivity (Wildman–Crippen MR) is 54.9 cm³/mol. The molecule has 3 N–H and O–H groups in total. The highest BCUT2D eigenvalue weighted by atomic mass is 16.2. The second-order valence-electron chi connectivity index (χ2n) is 3.83. The number of nitrogens with two attached hydrogens (primary N) is 1. The van der Waals surface area contributed by atoms with Crippen molar-refractivity contribution in [3.63, 3.8) is 0 Å². The fraction of sp³-hybridized carbons (Fsp3) is 0.500. The minimum atomic E-state index is 0.0615. The van der Waals surface area contributed by atoms with E-state index < -0.39 is 0 Å². The van der Waals surface area contributed by atoms with Crippen LogP contribution in [0.5, 0.6) is 0 Å². The van der Waals surface area contributed by atoms with Crippen LogP contribution in [0.2, 0.25) is 0 Å². The number of anilines is 1. The van der Waals surface area contributed by atoms with Gasteiger partial charge in [-0.1, -0.05) is 6.92 Å². The van der Waals surface area contributed by atoms with Gasteiger partial charge in [-0.2, -0.15) is 0 Å². The lowest BCUT2D eigenvalue weighted by molar-refractivity contribution is 0.0489. The Morgan fingerprint density at radius 1 is 1.71 bits per heavy atom. The number of hydrogen-bond donors (Lipinski definition) is 2. The number of nitrogens with one attached hydrogen (secondary N) is 1. The number of nitrogens with zero attached hydrogens (tertiary/aromatic N) is 1. The number of hydrogen-bond acceptors (Lipinski definition) is 2. The van der Waals surface area contributed by atoms with E-state index in [1.807, 2.05) is 4.90 Å². The molecule has 0 atom stereocenters. The van der Waals surface area contributed by atoms with E-state index in [-0.39, 0.29) is 5.91 Å². The van der Waals surface area contributed by atoms with Crippen molar-refractivity contribution in [1.82, 2.24) is 9.88 Å². The molecule has 14 heavy (non-hydrogen) atoms. The molecule has 0 saturated carbocycles. The Morgan fingerprint density at radius 3 is 2.93 bits per heavy atom. The molecule has 1 saturated heterocycles. The first-order chi connectivity index (χ1) is 6.70. The topological polar surface area (TPSA) is 62.1 Å². The molecule has 0 bridgehead atoms. The molecule has 1 aliphatic rings. The molecular weight excluding hydrogens is 178 g/mol. The van der Waals surface area contributed by atoms with Gasteiger partial charge in [0.25, 0.3) is 5.91 Å². The summed E-state index contributed by atoms with van der Waals surface area (Å²) in [6.45, 7) is 3.92. The fourth-order valence-corrected chi connectivity index (χ4v) is 1.70. The van der Waals surface area contributed by atoms with Gasteiger partial charge in [-0.25, -0.2) is 0 Å². The van der Waals surface area contributed by atoms with Gasteiger partial charge in [0.1, 0.15) is 5.69 Å². The summed E-state index contributed by atoms with van der Waals surface area (Å²) in [7, 11) is 0. The Labute approximate surface area is 83.1 Å². The molecule has 4 heteroatoms. The van der Waals surface area contributed by atoms with Gasteiger partial charge in [-0.15, -0.1) is 0 Å². The lowest BCUT2D eigenvalue weighted by Gasteiger charge is -2.38. The Balaban J connectivity index is 1.97. The van der Waals surface area contributed by atoms with Crippen LogP contribution in [-0.4, -0.2) is 28.9 Å². The van der Waals surface area contributed by atoms with Gasteiger partial charge >= 0.3 is 0 Å². The van der Waals surface area contributed by atoms with Gasteiger partial charge < -0.3 is 15.6 Å². The molecule has 1 fully saturated rings. The Bertz CT molecular complexity index is 339. The molecule has 1 amide bonds. The molecule has 0 unspecified atom stereocenters. The van der Waals surface area contributed by atoms with E-state index in [0.29, 0.717) is 17.3 Å². The van der Waals surface area contributed by atoms with Gasteiger partial charge in [0.15, 0.2) is 0 Å². The molecule has 0 aromatic carbocycles. The number of carbonyl (C=O) groups is 1. The SMILES string of the molecule is CCC1CN(C(=O)c2cc(N)c[nH]2)C1. The first-order valence-corrected chi connectivity index (χ1v) is 4.94. The highest BCUT2D eigenvalue weighted by Gasteiger charge is 2.30. The molecule has 2 heterocycles. The quantitative estimate of drug-likeness (QED) is 0.738. The summed E-state index contributed by atoms with van der Waals surface area (Å²) in [5.41, 5.74) is 6.73. The summed E-state index contributed by atoms with van der Waals surface area (Å²) in [6.07, 6.45) is 2.79. The fourth-order valence-electron chi connectivity index (χ4n) is 1.70. The van der Waals surface area contributed by atoms with Gasteiger partial charge in [0.05, 0.1) is 0 Å². The molecule has 0 radical (unpaired) electrons. The maximum Gasteiger partial charge on any atom is 0.270 e. The van der Waals surface area contributed by atoms with E-state index in [0.717, 1.165) is 19.5 Å². The van der Waals surface area contributed by atoms with Crippen molar-refractivity contribution < 1.29 is 4.79 Å². The number of nitrogen functional groups attached to an aromatic ring is 1. The molecule has 4 nitrogen and oxygen atoms in total. The van der Waals surface area contributed by atoms with Crippen LogP contribution >= 0.6 is 0 Å². The lowest BCUT2D eigenvalue weighted by Crippen LogP contribution is -2.49. The Morgan fingerprint density at radius 2 is 2.43 bits per heavy atom. The van der Waals surface area contributed by atoms with Crippen molar-refractivity contribution in [2.75, 3.05) is 18.8 Å². The van der Waals surface area contributed by atoms with Crippen LogP contribution in [0.3, 0.4) is 0 Å². The third-order valence-corrected chi connectivity index (χ3v) is 2.76. The summed E-state index contributed by atoms with van der Waals surface area (Å²) < 4.78 is 0. The lowest BCUT2D eigenvalue weighted by atomic mass is 9.97. The van der Waals surface area contributed by atoms with Crippen LogP contribution in [0.1, 0.15) is 23.8 Å². The number of aromatic amines is 1. The van der Waals surface area contributed by atoms with Crippen molar-refractivity contribution in [3.05, 3.63) is 18.0 Å². The van der Waals surface area contributed by atoms with Crippen molar-refractivity contribution in [1.29, 1.82) is 0 Å². The first-order valence-electron chi connectivity index (χ1n) is 4.94. The monoisotopic (exact) mass is 193 g/mol. The van der Waals surface area contributed by atoms with Crippen LogP contribution < -0.4 is 5.73 Å². The molecule has 1 aliphatic heterocycles. The molecule has 0 aliphatic carbocycles. The van der Waals surface area contributed by atoms with Gasteiger partial charge in [-0.3, -0.25) is 4.79 Å². The average Bonchev–Trinajstić information content (AvgIpc) is 2.49. The highest BCUT2D eigenvalue weighted by Crippen LogP contribution is 2.21. The second-order valence-corrected chi connectivity index (χ2v) is 3.83. The maximum absolute atomic E-state index is 11.7. The molecule has 2 rings (SSSR count). The maximum atomic E-state index is 11.7. The van der Waals surface area contributed by atoms with Crippen LogP contribution in [-0.2, 0) is 0 Å². The van der Waals surface area contributed by atoms with Crippen LogP contribution in [0.15, 0.2) is 12.3 Å². The highest BCUT2D eigenvalue weighted by molar-refractivity contribution is 5.93. The number of rotatable bonds is 2. The van der Waals surface area contributed by atoms with Crippen molar-refractivity contribution in [2.24, 2.45) is 5.92 Å². The largest absolute Gasteiger partial charge is 0.397 e. The van der Waals surface area contributed by atoms with E-state index >= 15 is 0 Å². The van der Waals surface area contributed by atoms with E-state index in [4.69, 9.17) is 5.73 Å². The van der Waals surface area contributed by atoms with Crippen molar-refractivity contribution in [2.45, 2.75) is 13.3 Å². The van der Waals surface area contributed by atoms with E-state index in [1.165, 1.54) is 0 Å².